The third-order valence-corrected chi connectivity index (χ3v) is 3.31. The van der Waals surface area contributed by atoms with E-state index in [1.807, 2.05) is 18.2 Å². The summed E-state index contributed by atoms with van der Waals surface area (Å²) in [5.74, 6) is 0. The number of hydrogen-bond donors (Lipinski definition) is 0. The van der Waals surface area contributed by atoms with Crippen molar-refractivity contribution in [2.45, 2.75) is 13.3 Å². The number of pyridine rings is 1. The van der Waals surface area contributed by atoms with E-state index in [1.54, 1.807) is 12.3 Å². The van der Waals surface area contributed by atoms with Crippen LogP contribution < -0.4 is 0 Å². The molecule has 0 fully saturated rings. The van der Waals surface area contributed by atoms with Gasteiger partial charge in [-0.1, -0.05) is 47.8 Å². The van der Waals surface area contributed by atoms with Crippen LogP contribution in [0.4, 0.5) is 0 Å². The smallest absolute Gasteiger partial charge is 0.129 e. The van der Waals surface area contributed by atoms with Crippen LogP contribution >= 0.6 is 34.8 Å². The molecule has 1 heterocycles. The Morgan fingerprint density at radius 2 is 1.82 bits per heavy atom. The van der Waals surface area contributed by atoms with Crippen molar-refractivity contribution in [3.63, 3.8) is 0 Å². The van der Waals surface area contributed by atoms with Crippen LogP contribution in [0.2, 0.25) is 15.2 Å². The lowest BCUT2D eigenvalue weighted by Crippen LogP contribution is -1.91. The Morgan fingerprint density at radius 1 is 1.06 bits per heavy atom. The molecule has 0 atom stereocenters. The van der Waals surface area contributed by atoms with E-state index in [1.165, 1.54) is 0 Å². The number of rotatable bonds is 2. The van der Waals surface area contributed by atoms with Crippen LogP contribution in [0.3, 0.4) is 0 Å². The zero-order chi connectivity index (χ0) is 12.4. The molecule has 0 radical (unpaired) electrons. The second-order valence-corrected chi connectivity index (χ2v) is 4.87. The van der Waals surface area contributed by atoms with Crippen molar-refractivity contribution in [1.82, 2.24) is 4.98 Å². The molecule has 0 unspecified atom stereocenters. The number of nitrogens with zero attached hydrogens (tertiary/aromatic N) is 1. The van der Waals surface area contributed by atoms with Gasteiger partial charge < -0.3 is 0 Å². The minimum Gasteiger partial charge on any atom is -0.244 e. The van der Waals surface area contributed by atoms with Crippen molar-refractivity contribution >= 4 is 34.8 Å². The number of hydrogen-bond acceptors (Lipinski definition) is 1. The first kappa shape index (κ1) is 12.7. The lowest BCUT2D eigenvalue weighted by Gasteiger charge is -2.10. The van der Waals surface area contributed by atoms with Crippen molar-refractivity contribution in [1.29, 1.82) is 0 Å². The Kier molecular flexibility index (Phi) is 3.93. The summed E-state index contributed by atoms with van der Waals surface area (Å²) in [6, 6.07) is 7.31. The topological polar surface area (TPSA) is 12.9 Å². The van der Waals surface area contributed by atoms with Gasteiger partial charge in [-0.05, 0) is 30.2 Å². The third-order valence-electron chi connectivity index (χ3n) is 2.56. The van der Waals surface area contributed by atoms with Crippen molar-refractivity contribution in [3.8, 4) is 11.1 Å². The number of benzene rings is 1. The molecule has 2 rings (SSSR count). The average molecular weight is 287 g/mol. The van der Waals surface area contributed by atoms with E-state index in [-0.39, 0.29) is 0 Å². The largest absolute Gasteiger partial charge is 0.244 e. The summed E-state index contributed by atoms with van der Waals surface area (Å²) in [6.07, 6.45) is 2.62. The first-order valence-corrected chi connectivity index (χ1v) is 6.35. The normalized spacial score (nSPS) is 10.6. The highest BCUT2D eigenvalue weighted by molar-refractivity contribution is 6.36. The monoisotopic (exact) mass is 285 g/mol. The Labute approximate surface area is 115 Å². The minimum absolute atomic E-state index is 0.496. The molecule has 1 aromatic carbocycles. The van der Waals surface area contributed by atoms with E-state index in [0.717, 1.165) is 23.1 Å². The molecule has 1 nitrogen and oxygen atoms in total. The Hall–Kier alpha value is -0.760. The van der Waals surface area contributed by atoms with Crippen molar-refractivity contribution in [2.75, 3.05) is 0 Å². The van der Waals surface area contributed by atoms with E-state index in [9.17, 15) is 0 Å². The van der Waals surface area contributed by atoms with Gasteiger partial charge in [-0.25, -0.2) is 4.98 Å². The van der Waals surface area contributed by atoms with E-state index < -0.39 is 0 Å². The van der Waals surface area contributed by atoms with Crippen LogP contribution in [0, 0.1) is 0 Å². The van der Waals surface area contributed by atoms with Gasteiger partial charge >= 0.3 is 0 Å². The van der Waals surface area contributed by atoms with Crippen LogP contribution in [-0.4, -0.2) is 4.98 Å². The molecule has 88 valence electrons. The lowest BCUT2D eigenvalue weighted by atomic mass is 10.0. The maximum absolute atomic E-state index is 6.19. The van der Waals surface area contributed by atoms with Crippen LogP contribution in [0.5, 0.6) is 0 Å². The molecule has 0 saturated heterocycles. The molecular weight excluding hydrogens is 277 g/mol. The molecule has 0 aliphatic carbocycles. The molecular formula is C13H10Cl3N. The fraction of sp³-hybridized carbons (Fsp3) is 0.154. The molecule has 0 saturated carbocycles. The van der Waals surface area contributed by atoms with Gasteiger partial charge in [0.1, 0.15) is 5.15 Å². The van der Waals surface area contributed by atoms with Gasteiger partial charge in [0, 0.05) is 27.4 Å². The van der Waals surface area contributed by atoms with Crippen molar-refractivity contribution in [3.05, 3.63) is 51.2 Å². The summed E-state index contributed by atoms with van der Waals surface area (Å²) in [6.45, 7) is 2.07. The van der Waals surface area contributed by atoms with Gasteiger partial charge in [0.15, 0.2) is 0 Å². The molecule has 1 aromatic heterocycles. The summed E-state index contributed by atoms with van der Waals surface area (Å²) in [7, 11) is 0. The van der Waals surface area contributed by atoms with Gasteiger partial charge in [-0.2, -0.15) is 0 Å². The molecule has 2 aromatic rings. The van der Waals surface area contributed by atoms with Crippen molar-refractivity contribution in [2.24, 2.45) is 0 Å². The predicted octanol–water partition coefficient (Wildman–Crippen LogP) is 5.27. The fourth-order valence-electron chi connectivity index (χ4n) is 1.71. The van der Waals surface area contributed by atoms with E-state index in [2.05, 4.69) is 11.9 Å². The van der Waals surface area contributed by atoms with Crippen LogP contribution in [0.1, 0.15) is 12.5 Å². The summed E-state index contributed by atoms with van der Waals surface area (Å²) >= 11 is 18.0. The SMILES string of the molecule is CCc1cc(Cl)ncc1-c1ccc(Cl)cc1Cl. The van der Waals surface area contributed by atoms with Gasteiger partial charge in [0.2, 0.25) is 0 Å². The van der Waals surface area contributed by atoms with Gasteiger partial charge in [0.25, 0.3) is 0 Å². The number of aryl methyl sites for hydroxylation is 1. The predicted molar refractivity (Wildman–Crippen MR) is 74.1 cm³/mol. The van der Waals surface area contributed by atoms with E-state index in [0.29, 0.717) is 15.2 Å². The molecule has 0 N–H and O–H groups in total. The molecule has 0 amide bonds. The number of aromatic nitrogens is 1. The first-order valence-electron chi connectivity index (χ1n) is 5.21. The maximum Gasteiger partial charge on any atom is 0.129 e. The second-order valence-electron chi connectivity index (χ2n) is 3.64. The highest BCUT2D eigenvalue weighted by Crippen LogP contribution is 2.33. The van der Waals surface area contributed by atoms with Crippen molar-refractivity contribution < 1.29 is 0 Å². The zero-order valence-corrected chi connectivity index (χ0v) is 11.4. The van der Waals surface area contributed by atoms with E-state index in [4.69, 9.17) is 34.8 Å². The summed E-state index contributed by atoms with van der Waals surface area (Å²) in [5.41, 5.74) is 3.05. The van der Waals surface area contributed by atoms with E-state index >= 15 is 0 Å². The summed E-state index contributed by atoms with van der Waals surface area (Å²) in [5, 5.41) is 1.74. The fourth-order valence-corrected chi connectivity index (χ4v) is 2.40. The Morgan fingerprint density at radius 3 is 2.47 bits per heavy atom. The Bertz CT molecular complexity index is 552. The molecule has 0 aliphatic rings. The average Bonchev–Trinajstić information content (AvgIpc) is 2.30. The maximum atomic E-state index is 6.19. The standard InChI is InChI=1S/C13H10Cl3N/c1-2-8-5-13(16)17-7-11(8)10-4-3-9(14)6-12(10)15/h3-7H,2H2,1H3. The second kappa shape index (κ2) is 5.26. The first-order chi connectivity index (χ1) is 8.11. The highest BCUT2D eigenvalue weighted by atomic mass is 35.5. The number of halogens is 3. The van der Waals surface area contributed by atoms with Crippen LogP contribution in [0.15, 0.2) is 30.5 Å². The molecule has 0 aliphatic heterocycles. The van der Waals surface area contributed by atoms with Gasteiger partial charge in [0.05, 0.1) is 0 Å². The van der Waals surface area contributed by atoms with Crippen LogP contribution in [0.25, 0.3) is 11.1 Å². The molecule has 17 heavy (non-hydrogen) atoms. The molecule has 4 heteroatoms. The zero-order valence-electron chi connectivity index (χ0n) is 9.17. The summed E-state index contributed by atoms with van der Waals surface area (Å²) in [4.78, 5) is 4.10. The Balaban J connectivity index is 2.60. The third kappa shape index (κ3) is 2.74. The lowest BCUT2D eigenvalue weighted by molar-refractivity contribution is 1.12. The van der Waals surface area contributed by atoms with Gasteiger partial charge in [-0.15, -0.1) is 0 Å². The minimum atomic E-state index is 0.496. The highest BCUT2D eigenvalue weighted by Gasteiger charge is 2.09. The molecule has 0 spiro atoms. The quantitative estimate of drug-likeness (QED) is 0.685. The van der Waals surface area contributed by atoms with Gasteiger partial charge in [-0.3, -0.25) is 0 Å². The van der Waals surface area contributed by atoms with Crippen LogP contribution in [-0.2, 0) is 6.42 Å². The summed E-state index contributed by atoms with van der Waals surface area (Å²) < 4.78 is 0. The molecule has 0 bridgehead atoms.